The number of amides is 1. The minimum absolute atomic E-state index is 0.0369. The zero-order valence-electron chi connectivity index (χ0n) is 69.8. The molecular weight excluding hydrogens is 1480 g/mol. The Morgan fingerprint density at radius 1 is 0.327 bits per heavy atom. The first kappa shape index (κ1) is 100. The van der Waals surface area contributed by atoms with E-state index in [1.165, 1.54) is 77.6 Å². The number of carbonyl (C=O) groups excluding carboxylic acids is 13. The molecule has 32 nitrogen and oxygen atoms in total. The summed E-state index contributed by atoms with van der Waals surface area (Å²) in [5.74, 6) is -11.7. The molecule has 0 aromatic carbocycles. The molecule has 0 aromatic rings. The normalized spacial score (nSPS) is 24.5. The zero-order chi connectivity index (χ0) is 84.1. The molecule has 113 heavy (non-hydrogen) atoms. The highest BCUT2D eigenvalue weighted by Crippen LogP contribution is 2.39. The van der Waals surface area contributed by atoms with E-state index in [4.69, 9.17) is 85.3 Å². The molecule has 3 heterocycles. The van der Waals surface area contributed by atoms with Crippen LogP contribution in [0.3, 0.4) is 0 Å². The van der Waals surface area contributed by atoms with E-state index >= 15 is 4.79 Å². The first-order valence-electron chi connectivity index (χ1n) is 40.8. The quantitative estimate of drug-likeness (QED) is 0.0336. The second-order valence-electron chi connectivity index (χ2n) is 30.0. The van der Waals surface area contributed by atoms with Crippen LogP contribution in [0.5, 0.6) is 0 Å². The minimum Gasteiger partial charge on any atom is -0.463 e. The summed E-state index contributed by atoms with van der Waals surface area (Å²) in [6.45, 7) is 17.8. The van der Waals surface area contributed by atoms with Crippen molar-refractivity contribution in [1.82, 2.24) is 5.32 Å². The number of hydrogen-bond donors (Lipinski definition) is 1. The molecule has 648 valence electrons. The van der Waals surface area contributed by atoms with E-state index in [9.17, 15) is 57.5 Å². The van der Waals surface area contributed by atoms with Gasteiger partial charge in [0.15, 0.2) is 73.8 Å². The van der Waals surface area contributed by atoms with Crippen LogP contribution >= 0.6 is 0 Å². The van der Waals surface area contributed by atoms with Gasteiger partial charge >= 0.3 is 71.6 Å². The predicted molar refractivity (Wildman–Crippen MR) is 402 cm³/mol. The van der Waals surface area contributed by atoms with Gasteiger partial charge < -0.3 is 90.6 Å². The van der Waals surface area contributed by atoms with Gasteiger partial charge in [0.25, 0.3) is 5.91 Å². The Kier molecular flexibility index (Phi) is 49.1. The molecule has 0 radical (unpaired) electrons. The van der Waals surface area contributed by atoms with Crippen molar-refractivity contribution in [3.8, 4) is 0 Å². The summed E-state index contributed by atoms with van der Waals surface area (Å²) in [5, 5.41) is 2.86. The average molecular weight is 1620 g/mol. The van der Waals surface area contributed by atoms with E-state index in [-0.39, 0.29) is 12.8 Å². The largest absolute Gasteiger partial charge is 0.463 e. The third-order valence-corrected chi connectivity index (χ3v) is 19.1. The molecule has 1 amide bonds. The Bertz CT molecular complexity index is 2910. The first-order chi connectivity index (χ1) is 53.6. The second-order valence-corrected chi connectivity index (χ2v) is 30.0. The lowest BCUT2D eigenvalue weighted by Gasteiger charge is -2.50. The molecule has 19 atom stereocenters. The number of unbranched alkanes of at least 4 members (excludes halogenated alkanes) is 24. The second kappa shape index (κ2) is 55.4. The molecular formula is C81H133NO31. The Morgan fingerprint density at radius 3 is 1.07 bits per heavy atom. The highest BCUT2D eigenvalue weighted by molar-refractivity contribution is 5.83. The Morgan fingerprint density at radius 2 is 0.664 bits per heavy atom. The molecule has 3 aliphatic rings. The topological polar surface area (TPSA) is 400 Å². The van der Waals surface area contributed by atoms with Crippen molar-refractivity contribution in [2.75, 3.05) is 19.8 Å². The lowest BCUT2D eigenvalue weighted by molar-refractivity contribution is -0.386. The molecule has 32 heteroatoms. The van der Waals surface area contributed by atoms with Crippen LogP contribution in [0.25, 0.3) is 0 Å². The van der Waals surface area contributed by atoms with E-state index < -0.39 is 214 Å². The third kappa shape index (κ3) is 40.8. The van der Waals surface area contributed by atoms with Gasteiger partial charge in [-0.15, -0.1) is 0 Å². The van der Waals surface area contributed by atoms with Crippen LogP contribution in [0.1, 0.15) is 297 Å². The van der Waals surface area contributed by atoms with Gasteiger partial charge in [0, 0.05) is 83.1 Å². The highest BCUT2D eigenvalue weighted by Gasteiger charge is 2.60. The maximum absolute atomic E-state index is 15.1. The molecule has 0 bridgehead atoms. The van der Waals surface area contributed by atoms with Gasteiger partial charge in [-0.1, -0.05) is 181 Å². The van der Waals surface area contributed by atoms with Gasteiger partial charge in [-0.05, 0) is 38.5 Å². The molecule has 0 unspecified atom stereocenters. The maximum Gasteiger partial charge on any atom is 0.303 e. The molecule has 3 fully saturated rings. The predicted octanol–water partition coefficient (Wildman–Crippen LogP) is 10.9. The van der Waals surface area contributed by atoms with Gasteiger partial charge in [0.1, 0.15) is 43.7 Å². The fourth-order valence-electron chi connectivity index (χ4n) is 14.1. The van der Waals surface area contributed by atoms with Crippen molar-refractivity contribution in [2.24, 2.45) is 5.92 Å². The number of esters is 12. The number of carbonyl (C=O) groups is 13. The number of hydrogen-bond acceptors (Lipinski definition) is 31. The van der Waals surface area contributed by atoms with Gasteiger partial charge in [-0.3, -0.25) is 62.3 Å². The van der Waals surface area contributed by atoms with Crippen molar-refractivity contribution in [1.29, 1.82) is 0 Å². The van der Waals surface area contributed by atoms with Crippen LogP contribution in [0.2, 0.25) is 0 Å². The third-order valence-electron chi connectivity index (χ3n) is 19.1. The molecule has 3 rings (SSSR count). The lowest BCUT2D eigenvalue weighted by atomic mass is 9.95. The van der Waals surface area contributed by atoms with Crippen molar-refractivity contribution in [2.45, 2.75) is 413 Å². The molecule has 0 saturated carbocycles. The van der Waals surface area contributed by atoms with E-state index in [0.717, 1.165) is 160 Å². The molecule has 0 spiro atoms. The van der Waals surface area contributed by atoms with Crippen LogP contribution in [-0.2, 0) is 148 Å². The molecule has 0 aliphatic carbocycles. The monoisotopic (exact) mass is 1620 g/mol. The lowest BCUT2D eigenvalue weighted by Crippen LogP contribution is -2.69. The molecule has 0 aromatic heterocycles. The fourth-order valence-corrected chi connectivity index (χ4v) is 14.1. The van der Waals surface area contributed by atoms with E-state index in [2.05, 4.69) is 26.1 Å². The number of rotatable bonds is 55. The number of ether oxygens (including phenoxy) is 18. The summed E-state index contributed by atoms with van der Waals surface area (Å²) in [6, 6.07) is -1.63. The van der Waals surface area contributed by atoms with Crippen LogP contribution in [-0.4, -0.2) is 214 Å². The van der Waals surface area contributed by atoms with Gasteiger partial charge in [-0.25, -0.2) is 0 Å². The fraction of sp³-hybridized carbons (Fsp3) is 0.840. The standard InChI is InChI=1S/C81H133NO31/c1-17-18-19-20-21-22-23-24-25-26-27-28-29-30-31-36-39-42-45-65(101-54(8)86)78(95)82-63(69(103-56(10)88)64(100-53(7)85)44-41-38-35-33-32-34-37-40-43-49(2)3)46-98-79-75(107-60(14)92)74(113-80-76(108-61(15)93)72(105-58(12)90)68(50(4)99-80)102-55(9)87)71(67(110-79)48-97-52(6)84)112-81-77(109-62(16)94)73(106-59(13)91)70(104-57(11)89)66(111-81)47-96-51(5)83/h49-50,63-77,79-81H,17-48H2,1-16H3,(H,82,95)/t50-,63-,64+,65+,66+,67+,68+,69-,70-,71+,72+,73-,74-,75+,76-,77+,79+,80-,81-/m0/s1. The van der Waals surface area contributed by atoms with Crippen LogP contribution in [0, 0.1) is 5.92 Å². The molecule has 3 aliphatic heterocycles. The summed E-state index contributed by atoms with van der Waals surface area (Å²) >= 11 is 0. The highest BCUT2D eigenvalue weighted by atomic mass is 16.8. The van der Waals surface area contributed by atoms with Gasteiger partial charge in [0.05, 0.1) is 18.8 Å². The summed E-state index contributed by atoms with van der Waals surface area (Å²) in [6.07, 6.45) is -4.15. The molecule has 1 N–H and O–H groups in total. The zero-order valence-corrected chi connectivity index (χ0v) is 69.8. The van der Waals surface area contributed by atoms with Crippen molar-refractivity contribution in [3.63, 3.8) is 0 Å². The minimum atomic E-state index is -2.14. The smallest absolute Gasteiger partial charge is 0.303 e. The first-order valence-corrected chi connectivity index (χ1v) is 40.8. The summed E-state index contributed by atoms with van der Waals surface area (Å²) in [7, 11) is 0. The Labute approximate surface area is 667 Å². The van der Waals surface area contributed by atoms with E-state index in [0.29, 0.717) is 31.6 Å². The van der Waals surface area contributed by atoms with Crippen molar-refractivity contribution < 1.29 is 148 Å². The van der Waals surface area contributed by atoms with Crippen LogP contribution in [0.4, 0.5) is 0 Å². The SMILES string of the molecule is CCCCCCCCCCCCCCCCCCCC[C@@H](OC(C)=O)C(=O)N[C@@H](CO[C@@H]1O[C@H](COC(C)=O)[C@@H](O[C@@H]2O[C@H](COC(C)=O)[C@H](OC(C)=O)[C@H](OC(C)=O)[C@H]2OC(C)=O)[C@H](O[C@@H]2O[C@@H](C)[C@@H](OC(C)=O)[C@@H](OC(C)=O)[C@@H]2OC(C)=O)[C@H]1OC(C)=O)[C@H](OC(C)=O)[C@@H](CCCCCCCCCCC(C)C)OC(C)=O. The van der Waals surface area contributed by atoms with E-state index in [1.54, 1.807) is 0 Å². The maximum atomic E-state index is 15.1. The van der Waals surface area contributed by atoms with Crippen LogP contribution < -0.4 is 5.32 Å². The van der Waals surface area contributed by atoms with Gasteiger partial charge in [-0.2, -0.15) is 0 Å². The van der Waals surface area contributed by atoms with Crippen molar-refractivity contribution >= 4 is 77.5 Å². The average Bonchev–Trinajstić information content (AvgIpc) is 0.759. The summed E-state index contributed by atoms with van der Waals surface area (Å²) in [4.78, 5) is 173. The Balaban J connectivity index is 2.34. The van der Waals surface area contributed by atoms with Crippen LogP contribution in [0.15, 0.2) is 0 Å². The van der Waals surface area contributed by atoms with Gasteiger partial charge in [0.2, 0.25) is 0 Å². The van der Waals surface area contributed by atoms with Crippen molar-refractivity contribution in [3.05, 3.63) is 0 Å². The summed E-state index contributed by atoms with van der Waals surface area (Å²) in [5.41, 5.74) is 0. The summed E-state index contributed by atoms with van der Waals surface area (Å²) < 4.78 is 109. The van der Waals surface area contributed by atoms with E-state index in [1.807, 2.05) is 0 Å². The number of nitrogens with one attached hydrogen (secondary N) is 1. The Hall–Kier alpha value is -7.13. The molecule has 3 saturated heterocycles.